The summed E-state index contributed by atoms with van der Waals surface area (Å²) in [5.74, 6) is -4.78. The van der Waals surface area contributed by atoms with Crippen LogP contribution in [0.15, 0.2) is 78.9 Å². The third-order valence-corrected chi connectivity index (χ3v) is 7.47. The molecule has 0 amide bonds. The van der Waals surface area contributed by atoms with Gasteiger partial charge in [0.25, 0.3) is 0 Å². The van der Waals surface area contributed by atoms with Crippen molar-refractivity contribution in [2.24, 2.45) is 5.92 Å². The number of hydrogen-bond acceptors (Lipinski definition) is 1. The zero-order chi connectivity index (χ0) is 27.7. The number of hydrogen-bond donors (Lipinski definition) is 0. The second kappa shape index (κ2) is 10.8. The normalized spacial score (nSPS) is 17.7. The summed E-state index contributed by atoms with van der Waals surface area (Å²) in [4.78, 5) is 0. The minimum Gasteiger partial charge on any atom is -0.426 e. The molecule has 0 aliphatic heterocycles. The Labute approximate surface area is 223 Å². The van der Waals surface area contributed by atoms with Crippen molar-refractivity contribution >= 4 is 0 Å². The van der Waals surface area contributed by atoms with E-state index in [-0.39, 0.29) is 11.1 Å². The van der Waals surface area contributed by atoms with E-state index >= 15 is 0 Å². The van der Waals surface area contributed by atoms with Crippen molar-refractivity contribution < 1.29 is 31.1 Å². The van der Waals surface area contributed by atoms with Crippen molar-refractivity contribution in [3.63, 3.8) is 0 Å². The first-order valence-electron chi connectivity index (χ1n) is 12.8. The number of alkyl halides is 2. The number of ether oxygens (including phenoxy) is 1. The molecule has 4 aromatic carbocycles. The van der Waals surface area contributed by atoms with E-state index in [1.165, 1.54) is 42.5 Å². The van der Waals surface area contributed by atoms with E-state index in [0.29, 0.717) is 23.0 Å². The first kappa shape index (κ1) is 26.9. The van der Waals surface area contributed by atoms with Crippen LogP contribution in [-0.2, 0) is 6.11 Å². The van der Waals surface area contributed by atoms with Gasteiger partial charge in [0.1, 0.15) is 0 Å². The smallest absolute Gasteiger partial charge is 0.426 e. The Balaban J connectivity index is 1.32. The van der Waals surface area contributed by atoms with Crippen LogP contribution in [0, 0.1) is 29.2 Å². The lowest BCUT2D eigenvalue weighted by atomic mass is 9.79. The molecular formula is C32H26F6O. The molecule has 1 nitrogen and oxygen atoms in total. The molecule has 0 aromatic heterocycles. The van der Waals surface area contributed by atoms with Crippen molar-refractivity contribution in [2.75, 3.05) is 0 Å². The van der Waals surface area contributed by atoms with Gasteiger partial charge in [0.15, 0.2) is 23.2 Å². The van der Waals surface area contributed by atoms with Crippen LogP contribution >= 0.6 is 0 Å². The van der Waals surface area contributed by atoms with Gasteiger partial charge in [-0.2, -0.15) is 13.2 Å². The van der Waals surface area contributed by atoms with Gasteiger partial charge in [-0.1, -0.05) is 62.2 Å². The molecule has 0 bridgehead atoms. The Kier molecular flexibility index (Phi) is 7.43. The number of rotatable bonds is 6. The Morgan fingerprint density at radius 1 is 0.641 bits per heavy atom. The van der Waals surface area contributed by atoms with Gasteiger partial charge in [0.05, 0.1) is 5.56 Å². The van der Waals surface area contributed by atoms with Gasteiger partial charge in [0.2, 0.25) is 5.82 Å². The predicted octanol–water partition coefficient (Wildman–Crippen LogP) is 10.00. The quantitative estimate of drug-likeness (QED) is 0.221. The van der Waals surface area contributed by atoms with Crippen molar-refractivity contribution in [3.8, 4) is 28.0 Å². The highest BCUT2D eigenvalue weighted by molar-refractivity contribution is 5.71. The van der Waals surface area contributed by atoms with Crippen molar-refractivity contribution in [2.45, 2.75) is 44.6 Å². The average Bonchev–Trinajstić information content (AvgIpc) is 2.93. The standard InChI is InChI=1S/C32H26F6O/c1-19-2-4-20(5-3-19)21-10-13-25(14-11-21)32(37,38)39-29-17-15-26(30(35)31(29)36)23-8-6-22(7-9-23)24-12-16-27(33)28(34)18-24/h6-20H,2-5H2,1H3. The molecule has 1 saturated carbocycles. The average molecular weight is 541 g/mol. The SMILES string of the molecule is CC1CCC(c2ccc(C(F)(F)Oc3ccc(-c4ccc(-c5ccc(F)c(F)c5)cc4)c(F)c3F)cc2)CC1. The molecule has 4 aromatic rings. The van der Waals surface area contributed by atoms with Crippen LogP contribution in [0.3, 0.4) is 0 Å². The predicted molar refractivity (Wildman–Crippen MR) is 138 cm³/mol. The molecule has 0 heterocycles. The van der Waals surface area contributed by atoms with Crippen LogP contribution < -0.4 is 4.74 Å². The molecule has 1 aliphatic rings. The Hall–Kier alpha value is -3.74. The van der Waals surface area contributed by atoms with Gasteiger partial charge < -0.3 is 4.74 Å². The molecule has 202 valence electrons. The summed E-state index contributed by atoms with van der Waals surface area (Å²) in [6, 6.07) is 17.4. The van der Waals surface area contributed by atoms with Gasteiger partial charge in [0, 0.05) is 5.56 Å². The van der Waals surface area contributed by atoms with E-state index in [1.54, 1.807) is 12.1 Å². The summed E-state index contributed by atoms with van der Waals surface area (Å²) in [6.45, 7) is 2.21. The lowest BCUT2D eigenvalue weighted by molar-refractivity contribution is -0.187. The van der Waals surface area contributed by atoms with E-state index in [1.807, 2.05) is 0 Å². The molecule has 1 aliphatic carbocycles. The highest BCUT2D eigenvalue weighted by Gasteiger charge is 2.36. The maximum absolute atomic E-state index is 14.9. The lowest BCUT2D eigenvalue weighted by Gasteiger charge is -2.27. The van der Waals surface area contributed by atoms with Gasteiger partial charge in [-0.05, 0) is 83.3 Å². The minimum absolute atomic E-state index is 0.161. The zero-order valence-electron chi connectivity index (χ0n) is 21.2. The van der Waals surface area contributed by atoms with Crippen LogP contribution in [0.4, 0.5) is 26.3 Å². The van der Waals surface area contributed by atoms with Gasteiger partial charge in [-0.25, -0.2) is 13.2 Å². The fraction of sp³-hybridized carbons (Fsp3) is 0.250. The fourth-order valence-electron chi connectivity index (χ4n) is 5.09. The Morgan fingerprint density at radius 2 is 1.26 bits per heavy atom. The molecule has 0 radical (unpaired) electrons. The van der Waals surface area contributed by atoms with E-state index in [9.17, 15) is 26.3 Å². The summed E-state index contributed by atoms with van der Waals surface area (Å²) in [5.41, 5.74) is 1.57. The third-order valence-electron chi connectivity index (χ3n) is 7.47. The van der Waals surface area contributed by atoms with Crippen molar-refractivity contribution in [3.05, 3.63) is 113 Å². The summed E-state index contributed by atoms with van der Waals surface area (Å²) in [7, 11) is 0. The largest absolute Gasteiger partial charge is 0.426 e. The van der Waals surface area contributed by atoms with Crippen LogP contribution in [0.25, 0.3) is 22.3 Å². The van der Waals surface area contributed by atoms with Crippen molar-refractivity contribution in [1.82, 2.24) is 0 Å². The summed E-state index contributed by atoms with van der Waals surface area (Å²) >= 11 is 0. The molecule has 0 saturated heterocycles. The first-order valence-corrected chi connectivity index (χ1v) is 12.8. The van der Waals surface area contributed by atoms with E-state index < -0.39 is 40.7 Å². The maximum atomic E-state index is 14.9. The third kappa shape index (κ3) is 5.68. The molecule has 0 unspecified atom stereocenters. The van der Waals surface area contributed by atoms with E-state index in [4.69, 9.17) is 0 Å². The Bertz CT molecular complexity index is 1460. The second-order valence-corrected chi connectivity index (χ2v) is 10.1. The second-order valence-electron chi connectivity index (χ2n) is 10.1. The molecular weight excluding hydrogens is 514 g/mol. The zero-order valence-corrected chi connectivity index (χ0v) is 21.2. The minimum atomic E-state index is -3.87. The summed E-state index contributed by atoms with van der Waals surface area (Å²) in [6.07, 6.45) is 0.353. The van der Waals surface area contributed by atoms with Crippen LogP contribution in [0.1, 0.15) is 49.7 Å². The summed E-state index contributed by atoms with van der Waals surface area (Å²) in [5, 5.41) is 0. The lowest BCUT2D eigenvalue weighted by Crippen LogP contribution is -2.23. The molecule has 7 heteroatoms. The molecule has 0 N–H and O–H groups in total. The molecule has 0 spiro atoms. The van der Waals surface area contributed by atoms with Crippen molar-refractivity contribution in [1.29, 1.82) is 0 Å². The fourth-order valence-corrected chi connectivity index (χ4v) is 5.09. The Morgan fingerprint density at radius 3 is 1.90 bits per heavy atom. The topological polar surface area (TPSA) is 9.23 Å². The van der Waals surface area contributed by atoms with Crippen LogP contribution in [0.5, 0.6) is 5.75 Å². The molecule has 5 rings (SSSR count). The van der Waals surface area contributed by atoms with E-state index in [0.717, 1.165) is 55.5 Å². The highest BCUT2D eigenvalue weighted by atomic mass is 19.3. The summed E-state index contributed by atoms with van der Waals surface area (Å²) < 4.78 is 91.0. The first-order chi connectivity index (χ1) is 18.6. The van der Waals surface area contributed by atoms with Crippen LogP contribution in [0.2, 0.25) is 0 Å². The molecule has 0 atom stereocenters. The van der Waals surface area contributed by atoms with E-state index in [2.05, 4.69) is 11.7 Å². The molecule has 1 fully saturated rings. The highest BCUT2D eigenvalue weighted by Crippen LogP contribution is 2.39. The van der Waals surface area contributed by atoms with Gasteiger partial charge in [-0.15, -0.1) is 0 Å². The monoisotopic (exact) mass is 540 g/mol. The number of halogens is 6. The van der Waals surface area contributed by atoms with Gasteiger partial charge in [-0.3, -0.25) is 0 Å². The van der Waals surface area contributed by atoms with Gasteiger partial charge >= 0.3 is 6.11 Å². The molecule has 39 heavy (non-hydrogen) atoms. The maximum Gasteiger partial charge on any atom is 0.426 e. The number of benzene rings is 4. The van der Waals surface area contributed by atoms with Crippen LogP contribution in [-0.4, -0.2) is 0 Å².